The summed E-state index contributed by atoms with van der Waals surface area (Å²) < 4.78 is 51.7. The van der Waals surface area contributed by atoms with Gasteiger partial charge in [0.05, 0.1) is 5.56 Å². The van der Waals surface area contributed by atoms with Gasteiger partial charge in [0.1, 0.15) is 11.6 Å². The Kier molecular flexibility index (Phi) is 3.64. The third-order valence-corrected chi connectivity index (χ3v) is 2.58. The van der Waals surface area contributed by atoms with Crippen LogP contribution in [0.2, 0.25) is 0 Å². The average molecular weight is 268 g/mol. The lowest BCUT2D eigenvalue weighted by atomic mass is 10.0. The van der Waals surface area contributed by atoms with Gasteiger partial charge in [-0.3, -0.25) is 4.79 Å². The van der Waals surface area contributed by atoms with Crippen molar-refractivity contribution in [2.45, 2.75) is 6.42 Å². The monoisotopic (exact) mass is 268 g/mol. The number of hydrogen-bond donors (Lipinski definition) is 0. The summed E-state index contributed by atoms with van der Waals surface area (Å²) in [6.07, 6.45) is -0.292. The first-order valence-electron chi connectivity index (χ1n) is 5.39. The van der Waals surface area contributed by atoms with Gasteiger partial charge in [-0.1, -0.05) is 6.07 Å². The van der Waals surface area contributed by atoms with Gasteiger partial charge in [0.25, 0.3) is 0 Å². The smallest absolute Gasteiger partial charge is 0.170 e. The zero-order valence-corrected chi connectivity index (χ0v) is 9.59. The highest BCUT2D eigenvalue weighted by Gasteiger charge is 2.14. The molecule has 0 aliphatic carbocycles. The first-order valence-corrected chi connectivity index (χ1v) is 5.39. The van der Waals surface area contributed by atoms with Gasteiger partial charge < -0.3 is 0 Å². The third kappa shape index (κ3) is 2.99. The summed E-state index contributed by atoms with van der Waals surface area (Å²) in [5, 5.41) is 0. The van der Waals surface area contributed by atoms with Crippen molar-refractivity contribution in [1.82, 2.24) is 0 Å². The second-order valence-electron chi connectivity index (χ2n) is 3.97. The highest BCUT2D eigenvalue weighted by Crippen LogP contribution is 2.15. The van der Waals surface area contributed by atoms with Gasteiger partial charge >= 0.3 is 0 Å². The van der Waals surface area contributed by atoms with E-state index in [0.717, 1.165) is 24.3 Å². The molecule has 0 saturated heterocycles. The van der Waals surface area contributed by atoms with E-state index in [4.69, 9.17) is 0 Å². The van der Waals surface area contributed by atoms with Gasteiger partial charge in [-0.05, 0) is 29.8 Å². The molecule has 0 aliphatic heterocycles. The zero-order chi connectivity index (χ0) is 14.0. The molecule has 0 atom stereocenters. The van der Waals surface area contributed by atoms with Crippen LogP contribution >= 0.6 is 0 Å². The van der Waals surface area contributed by atoms with E-state index in [1.54, 1.807) is 0 Å². The molecule has 0 heterocycles. The predicted molar refractivity (Wildman–Crippen MR) is 60.8 cm³/mol. The fourth-order valence-electron chi connectivity index (χ4n) is 1.65. The number of hydrogen-bond acceptors (Lipinski definition) is 1. The van der Waals surface area contributed by atoms with Crippen molar-refractivity contribution in [2.24, 2.45) is 0 Å². The summed E-state index contributed by atoms with van der Waals surface area (Å²) in [7, 11) is 0. The van der Waals surface area contributed by atoms with Crippen LogP contribution in [0.15, 0.2) is 36.4 Å². The van der Waals surface area contributed by atoms with Gasteiger partial charge in [-0.2, -0.15) is 0 Å². The number of Topliss-reactive ketones (excluding diaryl/α,β-unsaturated/α-hetero) is 1. The van der Waals surface area contributed by atoms with Crippen molar-refractivity contribution in [3.63, 3.8) is 0 Å². The maximum atomic E-state index is 13.4. The van der Waals surface area contributed by atoms with E-state index in [2.05, 4.69) is 0 Å². The molecular weight excluding hydrogens is 260 g/mol. The largest absolute Gasteiger partial charge is 0.294 e. The van der Waals surface area contributed by atoms with Gasteiger partial charge in [-0.15, -0.1) is 0 Å². The molecule has 2 aromatic carbocycles. The molecule has 0 saturated carbocycles. The van der Waals surface area contributed by atoms with Crippen LogP contribution in [0.3, 0.4) is 0 Å². The SMILES string of the molecule is O=C(Cc1ccc(F)c(F)c1)c1ccc(F)cc1F. The maximum Gasteiger partial charge on any atom is 0.170 e. The second-order valence-corrected chi connectivity index (χ2v) is 3.97. The standard InChI is InChI=1S/C14H8F4O/c15-9-2-3-10(12(17)7-9)14(19)6-8-1-4-11(16)13(18)5-8/h1-5,7H,6H2. The summed E-state index contributed by atoms with van der Waals surface area (Å²) in [4.78, 5) is 11.8. The van der Waals surface area contributed by atoms with Crippen molar-refractivity contribution < 1.29 is 22.4 Å². The van der Waals surface area contributed by atoms with Gasteiger partial charge in [0.15, 0.2) is 17.4 Å². The first-order chi connectivity index (χ1) is 8.97. The minimum atomic E-state index is -1.08. The van der Waals surface area contributed by atoms with Crippen LogP contribution < -0.4 is 0 Å². The van der Waals surface area contributed by atoms with Crippen molar-refractivity contribution in [2.75, 3.05) is 0 Å². The van der Waals surface area contributed by atoms with E-state index in [-0.39, 0.29) is 17.5 Å². The van der Waals surface area contributed by atoms with Gasteiger partial charge in [0, 0.05) is 12.5 Å². The summed E-state index contributed by atoms with van der Waals surface area (Å²) >= 11 is 0. The predicted octanol–water partition coefficient (Wildman–Crippen LogP) is 3.67. The van der Waals surface area contributed by atoms with Crippen LogP contribution in [0.4, 0.5) is 17.6 Å². The Morgan fingerprint density at radius 1 is 0.842 bits per heavy atom. The van der Waals surface area contributed by atoms with E-state index >= 15 is 0 Å². The lowest BCUT2D eigenvalue weighted by Crippen LogP contribution is -2.07. The number of carbonyl (C=O) groups is 1. The Hall–Kier alpha value is -2.17. The van der Waals surface area contributed by atoms with E-state index in [1.165, 1.54) is 6.07 Å². The third-order valence-electron chi connectivity index (χ3n) is 2.58. The zero-order valence-electron chi connectivity index (χ0n) is 9.59. The number of rotatable bonds is 3. The van der Waals surface area contributed by atoms with Crippen molar-refractivity contribution in [3.05, 3.63) is 70.8 Å². The maximum absolute atomic E-state index is 13.4. The molecule has 1 nitrogen and oxygen atoms in total. The summed E-state index contributed by atoms with van der Waals surface area (Å²) in [5.41, 5.74) is -0.0706. The fraction of sp³-hybridized carbons (Fsp3) is 0.0714. The molecule has 0 N–H and O–H groups in total. The molecule has 0 unspecified atom stereocenters. The summed E-state index contributed by atoms with van der Waals surface area (Å²) in [6.45, 7) is 0. The Balaban J connectivity index is 2.23. The van der Waals surface area contributed by atoms with E-state index in [0.29, 0.717) is 6.07 Å². The van der Waals surface area contributed by atoms with Crippen LogP contribution in [0.25, 0.3) is 0 Å². The van der Waals surface area contributed by atoms with Crippen molar-refractivity contribution in [3.8, 4) is 0 Å². The molecule has 0 aliphatic rings. The molecule has 0 amide bonds. The molecule has 0 aromatic heterocycles. The Morgan fingerprint density at radius 3 is 2.21 bits per heavy atom. The fourth-order valence-corrected chi connectivity index (χ4v) is 1.65. The van der Waals surface area contributed by atoms with Crippen molar-refractivity contribution in [1.29, 1.82) is 0 Å². The highest BCUT2D eigenvalue weighted by atomic mass is 19.2. The number of carbonyl (C=O) groups excluding carboxylic acids is 1. The van der Waals surface area contributed by atoms with E-state index in [9.17, 15) is 22.4 Å². The molecule has 0 bridgehead atoms. The van der Waals surface area contributed by atoms with Crippen LogP contribution in [-0.2, 0) is 6.42 Å². The Labute approximate surface area is 106 Å². The molecule has 98 valence electrons. The lowest BCUT2D eigenvalue weighted by Gasteiger charge is -2.04. The molecule has 2 rings (SSSR count). The van der Waals surface area contributed by atoms with Crippen LogP contribution in [0, 0.1) is 23.3 Å². The topological polar surface area (TPSA) is 17.1 Å². The number of benzene rings is 2. The minimum absolute atomic E-state index is 0.215. The minimum Gasteiger partial charge on any atom is -0.294 e. The molecule has 0 spiro atoms. The first kappa shape index (κ1) is 13.3. The molecule has 0 fully saturated rings. The van der Waals surface area contributed by atoms with Crippen LogP contribution in [-0.4, -0.2) is 5.78 Å². The molecule has 2 aromatic rings. The average Bonchev–Trinajstić information content (AvgIpc) is 2.33. The van der Waals surface area contributed by atoms with Crippen LogP contribution in [0.1, 0.15) is 15.9 Å². The molecule has 0 radical (unpaired) electrons. The Bertz CT molecular complexity index is 637. The lowest BCUT2D eigenvalue weighted by molar-refractivity contribution is 0.0989. The molecule has 19 heavy (non-hydrogen) atoms. The quantitative estimate of drug-likeness (QED) is 0.613. The van der Waals surface area contributed by atoms with Gasteiger partial charge in [-0.25, -0.2) is 17.6 Å². The highest BCUT2D eigenvalue weighted by molar-refractivity contribution is 5.97. The number of ketones is 1. The number of halogens is 4. The second kappa shape index (κ2) is 5.22. The van der Waals surface area contributed by atoms with Crippen molar-refractivity contribution >= 4 is 5.78 Å². The molecule has 5 heteroatoms. The van der Waals surface area contributed by atoms with Crippen LogP contribution in [0.5, 0.6) is 0 Å². The summed E-state index contributed by atoms with van der Waals surface area (Å²) in [5.74, 6) is -4.51. The van der Waals surface area contributed by atoms with E-state index in [1.807, 2.05) is 0 Å². The van der Waals surface area contributed by atoms with Gasteiger partial charge in [0.2, 0.25) is 0 Å². The molecular formula is C14H8F4O. The summed E-state index contributed by atoms with van der Waals surface area (Å²) in [6, 6.07) is 5.57. The Morgan fingerprint density at radius 2 is 1.58 bits per heavy atom. The van der Waals surface area contributed by atoms with E-state index < -0.39 is 29.1 Å². The normalized spacial score (nSPS) is 10.5.